The van der Waals surface area contributed by atoms with E-state index in [4.69, 9.17) is 5.11 Å². The van der Waals surface area contributed by atoms with E-state index in [2.05, 4.69) is 6.92 Å². The molecule has 3 heteroatoms. The molecule has 2 nitrogen and oxygen atoms in total. The largest absolute Gasteiger partial charge is 0.516 e. The SMILES string of the molecule is CCCC(/C=C/O)SC(C)=O. The molecule has 0 rings (SSSR count). The Morgan fingerprint density at radius 1 is 1.73 bits per heavy atom. The maximum atomic E-state index is 10.7. The molecule has 0 fully saturated rings. The van der Waals surface area contributed by atoms with Crippen LogP contribution in [0.3, 0.4) is 0 Å². The second-order valence-corrected chi connectivity index (χ2v) is 3.69. The van der Waals surface area contributed by atoms with Crippen molar-refractivity contribution in [3.8, 4) is 0 Å². The van der Waals surface area contributed by atoms with Crippen molar-refractivity contribution in [2.45, 2.75) is 31.9 Å². The molecule has 0 bridgehead atoms. The highest BCUT2D eigenvalue weighted by molar-refractivity contribution is 8.14. The lowest BCUT2D eigenvalue weighted by molar-refractivity contribution is -0.109. The van der Waals surface area contributed by atoms with Gasteiger partial charge in [-0.15, -0.1) is 0 Å². The summed E-state index contributed by atoms with van der Waals surface area (Å²) in [6.45, 7) is 3.59. The van der Waals surface area contributed by atoms with E-state index in [1.54, 1.807) is 13.0 Å². The quantitative estimate of drug-likeness (QED) is 0.665. The third-order valence-corrected chi connectivity index (χ3v) is 2.22. The van der Waals surface area contributed by atoms with Crippen molar-refractivity contribution in [2.24, 2.45) is 0 Å². The Balaban J connectivity index is 3.78. The van der Waals surface area contributed by atoms with Gasteiger partial charge in [0.1, 0.15) is 0 Å². The van der Waals surface area contributed by atoms with Gasteiger partial charge in [-0.05, 0) is 12.5 Å². The minimum absolute atomic E-state index is 0.0987. The van der Waals surface area contributed by atoms with Crippen molar-refractivity contribution in [3.05, 3.63) is 12.3 Å². The molecule has 11 heavy (non-hydrogen) atoms. The Morgan fingerprint density at radius 2 is 2.36 bits per heavy atom. The fraction of sp³-hybridized carbons (Fsp3) is 0.625. The average Bonchev–Trinajstić information content (AvgIpc) is 1.87. The maximum Gasteiger partial charge on any atom is 0.186 e. The molecule has 0 saturated carbocycles. The molecule has 0 aliphatic carbocycles. The van der Waals surface area contributed by atoms with Crippen LogP contribution in [-0.4, -0.2) is 15.5 Å². The van der Waals surface area contributed by atoms with Gasteiger partial charge in [0.2, 0.25) is 0 Å². The second-order valence-electron chi connectivity index (χ2n) is 2.28. The normalized spacial score (nSPS) is 13.6. The summed E-state index contributed by atoms with van der Waals surface area (Å²) in [5.74, 6) is 0. The Bertz CT molecular complexity index is 143. The molecule has 0 aromatic heterocycles. The van der Waals surface area contributed by atoms with Gasteiger partial charge in [0, 0.05) is 12.2 Å². The van der Waals surface area contributed by atoms with E-state index in [0.717, 1.165) is 19.1 Å². The zero-order valence-corrected chi connectivity index (χ0v) is 7.73. The van der Waals surface area contributed by atoms with Gasteiger partial charge in [0.05, 0.1) is 6.26 Å². The Kier molecular flexibility index (Phi) is 6.03. The fourth-order valence-corrected chi connectivity index (χ4v) is 1.72. The second kappa shape index (κ2) is 6.28. The monoisotopic (exact) mass is 174 g/mol. The Labute approximate surface area is 71.7 Å². The van der Waals surface area contributed by atoms with Gasteiger partial charge in [0.25, 0.3) is 0 Å². The summed E-state index contributed by atoms with van der Waals surface area (Å²) >= 11 is 1.26. The van der Waals surface area contributed by atoms with Gasteiger partial charge in [-0.25, -0.2) is 0 Å². The van der Waals surface area contributed by atoms with Crippen molar-refractivity contribution >= 4 is 16.9 Å². The van der Waals surface area contributed by atoms with Crippen molar-refractivity contribution in [3.63, 3.8) is 0 Å². The summed E-state index contributed by atoms with van der Waals surface area (Å²) in [4.78, 5) is 10.7. The topological polar surface area (TPSA) is 37.3 Å². The van der Waals surface area contributed by atoms with Crippen molar-refractivity contribution in [1.29, 1.82) is 0 Å². The lowest BCUT2D eigenvalue weighted by atomic mass is 10.2. The predicted molar refractivity (Wildman–Crippen MR) is 48.7 cm³/mol. The fourth-order valence-electron chi connectivity index (χ4n) is 0.788. The highest BCUT2D eigenvalue weighted by Crippen LogP contribution is 2.17. The Hall–Kier alpha value is -0.440. The van der Waals surface area contributed by atoms with E-state index < -0.39 is 0 Å². The summed E-state index contributed by atoms with van der Waals surface area (Å²) in [5.41, 5.74) is 0. The van der Waals surface area contributed by atoms with Gasteiger partial charge >= 0.3 is 0 Å². The van der Waals surface area contributed by atoms with E-state index in [1.165, 1.54) is 11.8 Å². The first-order valence-electron chi connectivity index (χ1n) is 3.68. The molecule has 64 valence electrons. The van der Waals surface area contributed by atoms with Crippen LogP contribution in [0.4, 0.5) is 0 Å². The van der Waals surface area contributed by atoms with Crippen molar-refractivity contribution in [1.82, 2.24) is 0 Å². The number of aliphatic hydroxyl groups is 1. The van der Waals surface area contributed by atoms with Crippen LogP contribution in [0.2, 0.25) is 0 Å². The number of carbonyl (C=O) groups is 1. The van der Waals surface area contributed by atoms with E-state index in [-0.39, 0.29) is 10.4 Å². The van der Waals surface area contributed by atoms with Gasteiger partial charge in [0.15, 0.2) is 5.12 Å². The molecule has 0 aliphatic rings. The standard InChI is InChI=1S/C8H14O2S/c1-3-4-8(5-6-9)11-7(2)10/h5-6,8-9H,3-4H2,1-2H3/b6-5+. The molecule has 0 amide bonds. The molecule has 1 N–H and O–H groups in total. The Morgan fingerprint density at radius 3 is 2.73 bits per heavy atom. The first-order chi connectivity index (χ1) is 5.20. The number of thioether (sulfide) groups is 1. The van der Waals surface area contributed by atoms with Crippen LogP contribution in [0.15, 0.2) is 12.3 Å². The van der Waals surface area contributed by atoms with Crippen LogP contribution in [0, 0.1) is 0 Å². The zero-order chi connectivity index (χ0) is 8.69. The zero-order valence-electron chi connectivity index (χ0n) is 6.91. The summed E-state index contributed by atoms with van der Waals surface area (Å²) in [6.07, 6.45) is 4.61. The van der Waals surface area contributed by atoms with Gasteiger partial charge in [-0.1, -0.05) is 25.1 Å². The smallest absolute Gasteiger partial charge is 0.186 e. The van der Waals surface area contributed by atoms with Gasteiger partial charge < -0.3 is 5.11 Å². The molecule has 1 atom stereocenters. The lowest BCUT2D eigenvalue weighted by Crippen LogP contribution is -2.00. The number of rotatable bonds is 4. The summed E-state index contributed by atoms with van der Waals surface area (Å²) in [7, 11) is 0. The van der Waals surface area contributed by atoms with Crippen molar-refractivity contribution in [2.75, 3.05) is 0 Å². The van der Waals surface area contributed by atoms with Crippen LogP contribution < -0.4 is 0 Å². The first kappa shape index (κ1) is 10.6. The van der Waals surface area contributed by atoms with Crippen LogP contribution in [0.25, 0.3) is 0 Å². The number of hydrogen-bond donors (Lipinski definition) is 1. The molecule has 0 aromatic carbocycles. The van der Waals surface area contributed by atoms with Crippen LogP contribution >= 0.6 is 11.8 Å². The highest BCUT2D eigenvalue weighted by Gasteiger charge is 2.06. The maximum absolute atomic E-state index is 10.7. The molecule has 0 aliphatic heterocycles. The number of carbonyl (C=O) groups excluding carboxylic acids is 1. The summed E-state index contributed by atoms with van der Waals surface area (Å²) < 4.78 is 0. The number of hydrogen-bond acceptors (Lipinski definition) is 3. The third-order valence-electron chi connectivity index (χ3n) is 1.19. The van der Waals surface area contributed by atoms with Crippen LogP contribution in [0.1, 0.15) is 26.7 Å². The van der Waals surface area contributed by atoms with E-state index in [9.17, 15) is 4.79 Å². The molecular formula is C8H14O2S. The summed E-state index contributed by atoms with van der Waals surface area (Å²) in [5, 5.41) is 8.71. The molecule has 1 unspecified atom stereocenters. The van der Waals surface area contributed by atoms with Crippen LogP contribution in [0.5, 0.6) is 0 Å². The molecule has 0 aromatic rings. The first-order valence-corrected chi connectivity index (χ1v) is 4.56. The van der Waals surface area contributed by atoms with Crippen LogP contribution in [-0.2, 0) is 4.79 Å². The molecule has 0 saturated heterocycles. The molecule has 0 radical (unpaired) electrons. The van der Waals surface area contributed by atoms with E-state index in [0.29, 0.717) is 0 Å². The summed E-state index contributed by atoms with van der Waals surface area (Å²) in [6, 6.07) is 0. The van der Waals surface area contributed by atoms with Gasteiger partial charge in [-0.3, -0.25) is 4.79 Å². The predicted octanol–water partition coefficient (Wildman–Crippen LogP) is 2.51. The highest BCUT2D eigenvalue weighted by atomic mass is 32.2. The third kappa shape index (κ3) is 5.98. The van der Waals surface area contributed by atoms with Crippen molar-refractivity contribution < 1.29 is 9.90 Å². The van der Waals surface area contributed by atoms with Gasteiger partial charge in [-0.2, -0.15) is 0 Å². The minimum Gasteiger partial charge on any atom is -0.516 e. The average molecular weight is 174 g/mol. The number of aliphatic hydroxyl groups excluding tert-OH is 1. The molecular weight excluding hydrogens is 160 g/mol. The van der Waals surface area contributed by atoms with E-state index >= 15 is 0 Å². The molecule has 0 heterocycles. The van der Waals surface area contributed by atoms with E-state index in [1.807, 2.05) is 0 Å². The molecule has 0 spiro atoms. The minimum atomic E-state index is 0.0987. The lowest BCUT2D eigenvalue weighted by Gasteiger charge is -2.06.